The Hall–Kier alpha value is -2.15. The SMILES string of the molecule is Cn1c(=O)n(CC(=O)N2CCOCC2)c2cccnc21. The molecule has 2 aromatic heterocycles. The summed E-state index contributed by atoms with van der Waals surface area (Å²) in [5.74, 6) is -0.0632. The molecule has 1 fully saturated rings. The van der Waals surface area contributed by atoms with Crippen molar-refractivity contribution in [3.05, 3.63) is 28.8 Å². The second-order valence-corrected chi connectivity index (χ2v) is 4.77. The van der Waals surface area contributed by atoms with Gasteiger partial charge in [-0.2, -0.15) is 0 Å². The van der Waals surface area contributed by atoms with Crippen LogP contribution in [0.3, 0.4) is 0 Å². The molecule has 0 radical (unpaired) electrons. The number of hydrogen-bond donors (Lipinski definition) is 0. The van der Waals surface area contributed by atoms with Gasteiger partial charge in [0.25, 0.3) is 0 Å². The Morgan fingerprint density at radius 1 is 1.40 bits per heavy atom. The van der Waals surface area contributed by atoms with E-state index in [1.807, 2.05) is 0 Å². The van der Waals surface area contributed by atoms with E-state index in [4.69, 9.17) is 4.74 Å². The van der Waals surface area contributed by atoms with Gasteiger partial charge in [-0.3, -0.25) is 13.9 Å². The quantitative estimate of drug-likeness (QED) is 0.748. The van der Waals surface area contributed by atoms with Gasteiger partial charge in [0, 0.05) is 26.3 Å². The Bertz CT molecular complexity index is 697. The van der Waals surface area contributed by atoms with Crippen LogP contribution in [0.25, 0.3) is 11.2 Å². The Morgan fingerprint density at radius 3 is 2.90 bits per heavy atom. The summed E-state index contributed by atoms with van der Waals surface area (Å²) in [6.45, 7) is 2.31. The fourth-order valence-corrected chi connectivity index (χ4v) is 2.43. The summed E-state index contributed by atoms with van der Waals surface area (Å²) in [6, 6.07) is 3.56. The molecule has 7 nitrogen and oxygen atoms in total. The second-order valence-electron chi connectivity index (χ2n) is 4.77. The minimum Gasteiger partial charge on any atom is -0.378 e. The first kappa shape index (κ1) is 12.9. The largest absolute Gasteiger partial charge is 0.378 e. The minimum atomic E-state index is -0.222. The molecular weight excluding hydrogens is 260 g/mol. The molecule has 0 aromatic carbocycles. The topological polar surface area (TPSA) is 69.4 Å². The number of imidazole rings is 1. The number of fused-ring (bicyclic) bond motifs is 1. The van der Waals surface area contributed by atoms with Gasteiger partial charge in [-0.25, -0.2) is 9.78 Å². The van der Waals surface area contributed by atoms with Crippen molar-refractivity contribution in [2.24, 2.45) is 7.05 Å². The normalized spacial score (nSPS) is 15.8. The Morgan fingerprint density at radius 2 is 2.15 bits per heavy atom. The fourth-order valence-electron chi connectivity index (χ4n) is 2.43. The predicted molar refractivity (Wildman–Crippen MR) is 72.4 cm³/mol. The van der Waals surface area contributed by atoms with Crippen LogP contribution in [0.5, 0.6) is 0 Å². The van der Waals surface area contributed by atoms with Crippen LogP contribution in [0, 0.1) is 0 Å². The molecule has 3 heterocycles. The maximum Gasteiger partial charge on any atom is 0.330 e. The first-order valence-electron chi connectivity index (χ1n) is 6.54. The summed E-state index contributed by atoms with van der Waals surface area (Å²) in [6.07, 6.45) is 1.63. The maximum absolute atomic E-state index is 12.3. The Balaban J connectivity index is 1.92. The van der Waals surface area contributed by atoms with E-state index in [1.165, 1.54) is 9.13 Å². The van der Waals surface area contributed by atoms with Crippen molar-refractivity contribution in [3.8, 4) is 0 Å². The van der Waals surface area contributed by atoms with Gasteiger partial charge >= 0.3 is 5.69 Å². The zero-order chi connectivity index (χ0) is 14.1. The lowest BCUT2D eigenvalue weighted by molar-refractivity contribution is -0.135. The van der Waals surface area contributed by atoms with Gasteiger partial charge in [0.2, 0.25) is 5.91 Å². The number of aryl methyl sites for hydroxylation is 1. The number of pyridine rings is 1. The van der Waals surface area contributed by atoms with E-state index >= 15 is 0 Å². The molecule has 1 aliphatic rings. The molecule has 0 spiro atoms. The molecule has 1 amide bonds. The highest BCUT2D eigenvalue weighted by Gasteiger charge is 2.20. The summed E-state index contributed by atoms with van der Waals surface area (Å²) < 4.78 is 8.15. The lowest BCUT2D eigenvalue weighted by atomic mass is 10.4. The smallest absolute Gasteiger partial charge is 0.330 e. The van der Waals surface area contributed by atoms with Gasteiger partial charge < -0.3 is 9.64 Å². The number of amides is 1. The average molecular weight is 276 g/mol. The highest BCUT2D eigenvalue weighted by Crippen LogP contribution is 2.09. The summed E-state index contributed by atoms with van der Waals surface area (Å²) in [5.41, 5.74) is 1.05. The molecule has 1 saturated heterocycles. The summed E-state index contributed by atoms with van der Waals surface area (Å²) in [5, 5.41) is 0. The van der Waals surface area contributed by atoms with Gasteiger partial charge in [-0.05, 0) is 12.1 Å². The van der Waals surface area contributed by atoms with Crippen LogP contribution in [0.4, 0.5) is 0 Å². The van der Waals surface area contributed by atoms with E-state index in [9.17, 15) is 9.59 Å². The molecule has 0 unspecified atom stereocenters. The molecule has 2 aromatic rings. The van der Waals surface area contributed by atoms with E-state index in [2.05, 4.69) is 4.98 Å². The highest BCUT2D eigenvalue weighted by molar-refractivity contribution is 5.79. The standard InChI is InChI=1S/C13H16N4O3/c1-15-12-10(3-2-4-14-12)17(13(15)19)9-11(18)16-5-7-20-8-6-16/h2-4H,5-9H2,1H3. The number of aromatic nitrogens is 3. The maximum atomic E-state index is 12.3. The zero-order valence-electron chi connectivity index (χ0n) is 11.3. The van der Waals surface area contributed by atoms with Gasteiger partial charge in [0.1, 0.15) is 6.54 Å². The molecule has 0 saturated carbocycles. The van der Waals surface area contributed by atoms with Gasteiger partial charge in [0.05, 0.1) is 18.7 Å². The van der Waals surface area contributed by atoms with Crippen LogP contribution in [-0.4, -0.2) is 51.2 Å². The first-order valence-corrected chi connectivity index (χ1v) is 6.54. The molecule has 20 heavy (non-hydrogen) atoms. The monoisotopic (exact) mass is 276 g/mol. The molecule has 0 bridgehead atoms. The van der Waals surface area contributed by atoms with Crippen molar-refractivity contribution in [1.82, 2.24) is 19.0 Å². The third-order valence-electron chi connectivity index (χ3n) is 3.55. The number of rotatable bonds is 2. The van der Waals surface area contributed by atoms with Crippen molar-refractivity contribution >= 4 is 17.1 Å². The molecule has 0 aliphatic carbocycles. The number of ether oxygens (including phenoxy) is 1. The summed E-state index contributed by atoms with van der Waals surface area (Å²) in [7, 11) is 1.66. The van der Waals surface area contributed by atoms with E-state index in [1.54, 1.807) is 30.3 Å². The lowest BCUT2D eigenvalue weighted by Crippen LogP contribution is -2.43. The van der Waals surface area contributed by atoms with E-state index in [-0.39, 0.29) is 18.1 Å². The Labute approximate surface area is 115 Å². The number of morpholine rings is 1. The van der Waals surface area contributed by atoms with Gasteiger partial charge in [-0.15, -0.1) is 0 Å². The van der Waals surface area contributed by atoms with E-state index < -0.39 is 0 Å². The number of carbonyl (C=O) groups excluding carboxylic acids is 1. The van der Waals surface area contributed by atoms with Crippen LogP contribution >= 0.6 is 0 Å². The first-order chi connectivity index (χ1) is 9.68. The number of carbonyl (C=O) groups is 1. The van der Waals surface area contributed by atoms with Gasteiger partial charge in [-0.1, -0.05) is 0 Å². The molecule has 7 heteroatoms. The van der Waals surface area contributed by atoms with E-state index in [0.29, 0.717) is 37.5 Å². The van der Waals surface area contributed by atoms with Crippen LogP contribution in [0.1, 0.15) is 0 Å². The van der Waals surface area contributed by atoms with Crippen molar-refractivity contribution in [3.63, 3.8) is 0 Å². The van der Waals surface area contributed by atoms with Crippen molar-refractivity contribution in [1.29, 1.82) is 0 Å². The molecular formula is C13H16N4O3. The molecule has 0 atom stereocenters. The highest BCUT2D eigenvalue weighted by atomic mass is 16.5. The molecule has 0 N–H and O–H groups in total. The second kappa shape index (κ2) is 5.09. The van der Waals surface area contributed by atoms with Crippen LogP contribution < -0.4 is 5.69 Å². The number of nitrogens with zero attached hydrogens (tertiary/aromatic N) is 4. The van der Waals surface area contributed by atoms with Crippen molar-refractivity contribution < 1.29 is 9.53 Å². The molecule has 106 valence electrons. The molecule has 1 aliphatic heterocycles. The lowest BCUT2D eigenvalue weighted by Gasteiger charge is -2.26. The average Bonchev–Trinajstić information content (AvgIpc) is 2.74. The summed E-state index contributed by atoms with van der Waals surface area (Å²) >= 11 is 0. The third kappa shape index (κ3) is 2.09. The Kier molecular flexibility index (Phi) is 3.27. The van der Waals surface area contributed by atoms with Crippen LogP contribution in [0.15, 0.2) is 23.1 Å². The zero-order valence-corrected chi connectivity index (χ0v) is 11.3. The molecule has 3 rings (SSSR count). The van der Waals surface area contributed by atoms with Crippen LogP contribution in [-0.2, 0) is 23.1 Å². The number of hydrogen-bond acceptors (Lipinski definition) is 4. The summed E-state index contributed by atoms with van der Waals surface area (Å²) in [4.78, 5) is 30.4. The predicted octanol–water partition coefficient (Wildman–Crippen LogP) is -0.406. The van der Waals surface area contributed by atoms with E-state index in [0.717, 1.165) is 0 Å². The third-order valence-corrected chi connectivity index (χ3v) is 3.55. The van der Waals surface area contributed by atoms with Crippen molar-refractivity contribution in [2.75, 3.05) is 26.3 Å². The van der Waals surface area contributed by atoms with Crippen LogP contribution in [0.2, 0.25) is 0 Å². The van der Waals surface area contributed by atoms with Gasteiger partial charge in [0.15, 0.2) is 5.65 Å². The van der Waals surface area contributed by atoms with Crippen molar-refractivity contribution in [2.45, 2.75) is 6.54 Å². The fraction of sp³-hybridized carbons (Fsp3) is 0.462. The minimum absolute atomic E-state index is 0.0435.